The van der Waals surface area contributed by atoms with Crippen LogP contribution in [0, 0.1) is 20.8 Å². The molecule has 0 spiro atoms. The third-order valence-corrected chi connectivity index (χ3v) is 4.61. The number of halogens is 1. The van der Waals surface area contributed by atoms with Crippen LogP contribution in [0.3, 0.4) is 0 Å². The molecule has 1 aromatic heterocycles. The van der Waals surface area contributed by atoms with Crippen molar-refractivity contribution >= 4 is 23.5 Å². The van der Waals surface area contributed by atoms with E-state index in [-0.39, 0.29) is 0 Å². The Kier molecular flexibility index (Phi) is 5.19. The van der Waals surface area contributed by atoms with Crippen LogP contribution in [-0.2, 0) is 6.54 Å². The highest BCUT2D eigenvalue weighted by atomic mass is 35.5. The smallest absolute Gasteiger partial charge is 0.0685 e. The van der Waals surface area contributed by atoms with Crippen LogP contribution < -0.4 is 5.43 Å². The summed E-state index contributed by atoms with van der Waals surface area (Å²) < 4.78 is 1.96. The zero-order valence-electron chi connectivity index (χ0n) is 14.6. The molecule has 0 unspecified atom stereocenters. The van der Waals surface area contributed by atoms with E-state index < -0.39 is 0 Å². The lowest BCUT2D eigenvalue weighted by Crippen LogP contribution is -2.05. The molecule has 0 aliphatic heterocycles. The van der Waals surface area contributed by atoms with Crippen molar-refractivity contribution in [1.82, 2.24) is 9.78 Å². The first-order valence-corrected chi connectivity index (χ1v) is 8.56. The Morgan fingerprint density at radius 2 is 1.80 bits per heavy atom. The molecule has 0 aliphatic rings. The second kappa shape index (κ2) is 7.53. The molecule has 4 nitrogen and oxygen atoms in total. The summed E-state index contributed by atoms with van der Waals surface area (Å²) >= 11 is 6.26. The van der Waals surface area contributed by atoms with Crippen LogP contribution in [0.5, 0.6) is 0 Å². The molecule has 3 rings (SSSR count). The van der Waals surface area contributed by atoms with Crippen molar-refractivity contribution in [2.75, 3.05) is 5.43 Å². The maximum atomic E-state index is 6.26. The number of nitrogens with one attached hydrogen (secondary N) is 1. The van der Waals surface area contributed by atoms with Gasteiger partial charge in [-0.05, 0) is 44.0 Å². The number of benzene rings is 2. The Labute approximate surface area is 153 Å². The summed E-state index contributed by atoms with van der Waals surface area (Å²) in [5.41, 5.74) is 9.33. The zero-order valence-corrected chi connectivity index (χ0v) is 15.4. The molecule has 128 valence electrons. The lowest BCUT2D eigenvalue weighted by molar-refractivity contribution is 0.659. The molecule has 0 atom stereocenters. The fraction of sp³-hybridized carbons (Fsp3) is 0.200. The van der Waals surface area contributed by atoms with Gasteiger partial charge in [0.15, 0.2) is 0 Å². The molecule has 25 heavy (non-hydrogen) atoms. The highest BCUT2D eigenvalue weighted by molar-refractivity contribution is 6.31. The van der Waals surface area contributed by atoms with Gasteiger partial charge in [-0.15, -0.1) is 0 Å². The maximum absolute atomic E-state index is 6.26. The van der Waals surface area contributed by atoms with Crippen LogP contribution in [0.15, 0.2) is 53.6 Å². The number of hydrogen-bond acceptors (Lipinski definition) is 3. The summed E-state index contributed by atoms with van der Waals surface area (Å²) in [6.07, 6.45) is 1.83. The van der Waals surface area contributed by atoms with Gasteiger partial charge in [-0.25, -0.2) is 0 Å². The zero-order chi connectivity index (χ0) is 17.8. The number of hydrogen-bond donors (Lipinski definition) is 1. The maximum Gasteiger partial charge on any atom is 0.0685 e. The Hall–Kier alpha value is -2.59. The normalized spacial score (nSPS) is 11.2. The van der Waals surface area contributed by atoms with E-state index in [1.807, 2.05) is 67.2 Å². The van der Waals surface area contributed by atoms with Gasteiger partial charge in [0, 0.05) is 16.3 Å². The lowest BCUT2D eigenvalue weighted by atomic mass is 10.2. The topological polar surface area (TPSA) is 42.2 Å². The second-order valence-corrected chi connectivity index (χ2v) is 6.43. The van der Waals surface area contributed by atoms with Gasteiger partial charge in [0.25, 0.3) is 0 Å². The minimum Gasteiger partial charge on any atom is -0.278 e. The van der Waals surface area contributed by atoms with Crippen LogP contribution in [0.2, 0.25) is 5.02 Å². The van der Waals surface area contributed by atoms with E-state index >= 15 is 0 Å². The summed E-state index contributed by atoms with van der Waals surface area (Å²) in [7, 11) is 0. The highest BCUT2D eigenvalue weighted by Crippen LogP contribution is 2.19. The van der Waals surface area contributed by atoms with E-state index in [2.05, 4.69) is 28.6 Å². The van der Waals surface area contributed by atoms with E-state index in [1.165, 1.54) is 0 Å². The van der Waals surface area contributed by atoms with Gasteiger partial charge in [-0.3, -0.25) is 10.1 Å². The number of aryl methyl sites for hydroxylation is 2. The molecule has 3 aromatic rings. The van der Waals surface area contributed by atoms with E-state index in [0.29, 0.717) is 6.54 Å². The molecule has 2 aromatic carbocycles. The van der Waals surface area contributed by atoms with Crippen molar-refractivity contribution < 1.29 is 0 Å². The van der Waals surface area contributed by atoms with Crippen molar-refractivity contribution in [2.24, 2.45) is 5.10 Å². The summed E-state index contributed by atoms with van der Waals surface area (Å²) in [6, 6.07) is 15.9. The Morgan fingerprint density at radius 1 is 1.08 bits per heavy atom. The van der Waals surface area contributed by atoms with Crippen LogP contribution in [0.1, 0.15) is 28.1 Å². The van der Waals surface area contributed by atoms with Crippen molar-refractivity contribution in [1.29, 1.82) is 0 Å². The number of para-hydroxylation sites is 1. The van der Waals surface area contributed by atoms with Crippen LogP contribution in [0.4, 0.5) is 5.69 Å². The number of nitrogens with zero attached hydrogens (tertiary/aromatic N) is 3. The molecule has 5 heteroatoms. The van der Waals surface area contributed by atoms with Gasteiger partial charge in [0.2, 0.25) is 0 Å². The van der Waals surface area contributed by atoms with Crippen LogP contribution >= 0.6 is 11.6 Å². The Bertz CT molecular complexity index is 912. The highest BCUT2D eigenvalue weighted by Gasteiger charge is 2.11. The average Bonchev–Trinajstić information content (AvgIpc) is 2.86. The molecule has 0 saturated heterocycles. The fourth-order valence-electron chi connectivity index (χ4n) is 2.70. The molecule has 0 bridgehead atoms. The predicted molar refractivity (Wildman–Crippen MR) is 105 cm³/mol. The molecule has 0 radical (unpaired) electrons. The van der Waals surface area contributed by atoms with Gasteiger partial charge in [0.1, 0.15) is 0 Å². The van der Waals surface area contributed by atoms with E-state index in [1.54, 1.807) is 0 Å². The number of rotatable bonds is 5. The van der Waals surface area contributed by atoms with Gasteiger partial charge < -0.3 is 0 Å². The second-order valence-electron chi connectivity index (χ2n) is 6.02. The summed E-state index contributed by atoms with van der Waals surface area (Å²) in [5.74, 6) is 0. The van der Waals surface area contributed by atoms with Gasteiger partial charge in [-0.2, -0.15) is 10.2 Å². The fourth-order valence-corrected chi connectivity index (χ4v) is 2.90. The molecule has 0 saturated carbocycles. The minimum atomic E-state index is 0.644. The average molecular weight is 353 g/mol. The predicted octanol–water partition coefficient (Wildman–Crippen LogP) is 4.96. The largest absolute Gasteiger partial charge is 0.278 e. The van der Waals surface area contributed by atoms with Crippen molar-refractivity contribution in [3.05, 3.63) is 81.6 Å². The number of anilines is 1. The Balaban J connectivity index is 1.79. The van der Waals surface area contributed by atoms with Crippen LogP contribution in [0.25, 0.3) is 0 Å². The van der Waals surface area contributed by atoms with E-state index in [4.69, 9.17) is 11.6 Å². The third kappa shape index (κ3) is 3.91. The van der Waals surface area contributed by atoms with Crippen molar-refractivity contribution in [2.45, 2.75) is 27.3 Å². The summed E-state index contributed by atoms with van der Waals surface area (Å²) in [4.78, 5) is 0. The number of hydrazone groups is 1. The monoisotopic (exact) mass is 352 g/mol. The first kappa shape index (κ1) is 17.2. The molecular weight excluding hydrogens is 332 g/mol. The SMILES string of the molecule is Cc1ccccc1N/N=C/c1c(C)nn(Cc2ccccc2Cl)c1C. The third-order valence-electron chi connectivity index (χ3n) is 4.24. The van der Waals surface area contributed by atoms with Gasteiger partial charge in [-0.1, -0.05) is 48.0 Å². The molecular formula is C20H21ClN4. The molecule has 1 N–H and O–H groups in total. The lowest BCUT2D eigenvalue weighted by Gasteiger charge is -2.06. The first-order valence-electron chi connectivity index (χ1n) is 8.18. The Morgan fingerprint density at radius 3 is 2.56 bits per heavy atom. The van der Waals surface area contributed by atoms with E-state index in [9.17, 15) is 0 Å². The standard InChI is InChI=1S/C20H21ClN4/c1-14-8-4-7-11-20(14)23-22-12-18-15(2)24-25(16(18)3)13-17-9-5-6-10-19(17)21/h4-12,23H,13H2,1-3H3/b22-12+. The van der Waals surface area contributed by atoms with Gasteiger partial charge >= 0.3 is 0 Å². The quantitative estimate of drug-likeness (QED) is 0.521. The molecule has 0 fully saturated rings. The van der Waals surface area contributed by atoms with E-state index in [0.717, 1.165) is 38.8 Å². The molecule has 0 amide bonds. The number of aromatic nitrogens is 2. The first-order chi connectivity index (χ1) is 12.1. The van der Waals surface area contributed by atoms with Crippen molar-refractivity contribution in [3.63, 3.8) is 0 Å². The summed E-state index contributed by atoms with van der Waals surface area (Å²) in [5, 5.41) is 9.76. The minimum absolute atomic E-state index is 0.644. The van der Waals surface area contributed by atoms with Crippen LogP contribution in [-0.4, -0.2) is 16.0 Å². The van der Waals surface area contributed by atoms with Crippen molar-refractivity contribution in [3.8, 4) is 0 Å². The molecule has 1 heterocycles. The molecule has 0 aliphatic carbocycles. The summed E-state index contributed by atoms with van der Waals surface area (Å²) in [6.45, 7) is 6.73. The van der Waals surface area contributed by atoms with Gasteiger partial charge in [0.05, 0.1) is 24.1 Å².